The Morgan fingerprint density at radius 2 is 1.42 bits per heavy atom. The molecule has 0 aromatic heterocycles. The van der Waals surface area contributed by atoms with E-state index >= 15 is 0 Å². The van der Waals surface area contributed by atoms with E-state index in [-0.39, 0.29) is 11.9 Å². The van der Waals surface area contributed by atoms with E-state index in [1.165, 1.54) is 82.8 Å². The molecule has 0 saturated heterocycles. The Kier molecular flexibility index (Phi) is 13.9. The van der Waals surface area contributed by atoms with Crippen LogP contribution >= 0.6 is 0 Å². The van der Waals surface area contributed by atoms with E-state index in [4.69, 9.17) is 4.74 Å². The molecule has 1 aliphatic rings. The minimum absolute atomic E-state index is 0.187. The Morgan fingerprint density at radius 1 is 0.846 bits per heavy atom. The number of carbonyl (C=O) groups excluding carboxylic acids is 2. The molecule has 1 fully saturated rings. The minimum atomic E-state index is -0.417. The largest absolute Gasteiger partial charge is 0.463 e. The van der Waals surface area contributed by atoms with Gasteiger partial charge in [-0.2, -0.15) is 0 Å². The van der Waals surface area contributed by atoms with Crippen LogP contribution < -0.4 is 5.32 Å². The number of hydrogen-bond donors (Lipinski definition) is 1. The van der Waals surface area contributed by atoms with Crippen LogP contribution in [0.3, 0.4) is 0 Å². The minimum Gasteiger partial charge on any atom is -0.463 e. The highest BCUT2D eigenvalue weighted by Gasteiger charge is 2.14. The number of hydrogen-bond acceptors (Lipinski definition) is 3. The van der Waals surface area contributed by atoms with Gasteiger partial charge in [-0.1, -0.05) is 84.0 Å². The summed E-state index contributed by atoms with van der Waals surface area (Å²) in [5.74, 6) is -0.604. The van der Waals surface area contributed by atoms with Crippen LogP contribution in [0.15, 0.2) is 12.2 Å². The summed E-state index contributed by atoms with van der Waals surface area (Å²) in [6.07, 6.45) is 20.8. The molecule has 0 bridgehead atoms. The van der Waals surface area contributed by atoms with Crippen molar-refractivity contribution < 1.29 is 14.3 Å². The molecule has 4 nitrogen and oxygen atoms in total. The van der Waals surface area contributed by atoms with Gasteiger partial charge >= 0.3 is 5.97 Å². The summed E-state index contributed by atoms with van der Waals surface area (Å²) in [5, 5.41) is 2.95. The second kappa shape index (κ2) is 15.9. The average molecular weight is 366 g/mol. The van der Waals surface area contributed by atoms with Crippen molar-refractivity contribution in [1.82, 2.24) is 5.32 Å². The first kappa shape index (κ1) is 22.7. The van der Waals surface area contributed by atoms with E-state index in [0.29, 0.717) is 6.61 Å². The normalized spacial score (nSPS) is 15.3. The number of unbranched alkanes of at least 4 members (excludes halogenated alkanes) is 9. The number of carbonyl (C=O) groups is 2. The van der Waals surface area contributed by atoms with Gasteiger partial charge < -0.3 is 10.1 Å². The molecule has 1 aliphatic carbocycles. The first-order valence-electron chi connectivity index (χ1n) is 10.9. The van der Waals surface area contributed by atoms with Gasteiger partial charge in [-0.25, -0.2) is 4.79 Å². The highest BCUT2D eigenvalue weighted by Crippen LogP contribution is 2.17. The summed E-state index contributed by atoms with van der Waals surface area (Å²) in [4.78, 5) is 23.4. The van der Waals surface area contributed by atoms with Crippen molar-refractivity contribution in [1.29, 1.82) is 0 Å². The van der Waals surface area contributed by atoms with Gasteiger partial charge in [0, 0.05) is 18.2 Å². The molecular formula is C22H39NO3. The molecule has 0 aromatic carbocycles. The maximum Gasteiger partial charge on any atom is 0.330 e. The number of rotatable bonds is 14. The number of amides is 1. The van der Waals surface area contributed by atoms with Gasteiger partial charge in [0.2, 0.25) is 5.91 Å². The topological polar surface area (TPSA) is 55.4 Å². The fraction of sp³-hybridized carbons (Fsp3) is 0.818. The highest BCUT2D eigenvalue weighted by molar-refractivity contribution is 5.94. The van der Waals surface area contributed by atoms with Crippen LogP contribution in [0.25, 0.3) is 0 Å². The van der Waals surface area contributed by atoms with Gasteiger partial charge in [-0.3, -0.25) is 4.79 Å². The standard InChI is InChI=1S/C22H39NO3/c1-2-3-4-5-6-7-8-9-10-14-19-26-22(25)18-17-21(24)23-20-15-12-11-13-16-20/h17-18,20H,2-16,19H2,1H3,(H,23,24)/b18-17+. The smallest absolute Gasteiger partial charge is 0.330 e. The zero-order valence-corrected chi connectivity index (χ0v) is 16.8. The second-order valence-corrected chi connectivity index (χ2v) is 7.53. The third kappa shape index (κ3) is 13.0. The Balaban J connectivity index is 1.92. The monoisotopic (exact) mass is 365 g/mol. The first-order valence-corrected chi connectivity index (χ1v) is 10.9. The van der Waals surface area contributed by atoms with Crippen molar-refractivity contribution in [2.75, 3.05) is 6.61 Å². The number of nitrogens with one attached hydrogen (secondary N) is 1. The quantitative estimate of drug-likeness (QED) is 0.253. The van der Waals surface area contributed by atoms with E-state index < -0.39 is 5.97 Å². The van der Waals surface area contributed by atoms with Crippen LogP contribution in [0, 0.1) is 0 Å². The van der Waals surface area contributed by atoms with E-state index in [2.05, 4.69) is 12.2 Å². The van der Waals surface area contributed by atoms with Gasteiger partial charge in [-0.05, 0) is 19.3 Å². The molecule has 0 radical (unpaired) electrons. The summed E-state index contributed by atoms with van der Waals surface area (Å²) in [6, 6.07) is 0.267. The predicted octanol–water partition coefficient (Wildman–Crippen LogP) is 5.46. The zero-order valence-electron chi connectivity index (χ0n) is 16.8. The van der Waals surface area contributed by atoms with Gasteiger partial charge in [-0.15, -0.1) is 0 Å². The van der Waals surface area contributed by atoms with Gasteiger partial charge in [0.05, 0.1) is 6.61 Å². The summed E-state index contributed by atoms with van der Waals surface area (Å²) >= 11 is 0. The van der Waals surface area contributed by atoms with Gasteiger partial charge in [0.15, 0.2) is 0 Å². The maximum absolute atomic E-state index is 11.8. The Morgan fingerprint density at radius 3 is 2.04 bits per heavy atom. The second-order valence-electron chi connectivity index (χ2n) is 7.53. The first-order chi connectivity index (χ1) is 12.7. The molecule has 26 heavy (non-hydrogen) atoms. The van der Waals surface area contributed by atoms with E-state index in [9.17, 15) is 9.59 Å². The van der Waals surface area contributed by atoms with Crippen LogP contribution in [0.5, 0.6) is 0 Å². The third-order valence-electron chi connectivity index (χ3n) is 5.06. The lowest BCUT2D eigenvalue weighted by atomic mass is 9.95. The Labute approximate surface area is 160 Å². The van der Waals surface area contributed by atoms with E-state index in [0.717, 1.165) is 25.7 Å². The third-order valence-corrected chi connectivity index (χ3v) is 5.06. The Bertz CT molecular complexity index is 400. The lowest BCUT2D eigenvalue weighted by Crippen LogP contribution is -2.35. The zero-order chi connectivity index (χ0) is 18.9. The molecule has 0 aliphatic heterocycles. The fourth-order valence-corrected chi connectivity index (χ4v) is 3.45. The van der Waals surface area contributed by atoms with Crippen molar-refractivity contribution in [2.45, 2.75) is 109 Å². The molecule has 1 rings (SSSR count). The maximum atomic E-state index is 11.8. The van der Waals surface area contributed by atoms with Gasteiger partial charge in [0.1, 0.15) is 0 Å². The fourth-order valence-electron chi connectivity index (χ4n) is 3.45. The molecule has 1 N–H and O–H groups in total. The molecular weight excluding hydrogens is 326 g/mol. The average Bonchev–Trinajstić information content (AvgIpc) is 2.65. The predicted molar refractivity (Wildman–Crippen MR) is 107 cm³/mol. The molecule has 0 atom stereocenters. The molecule has 0 spiro atoms. The summed E-state index contributed by atoms with van der Waals surface area (Å²) in [7, 11) is 0. The SMILES string of the molecule is CCCCCCCCCCCCOC(=O)/C=C/C(=O)NC1CCCCC1. The summed E-state index contributed by atoms with van der Waals surface area (Å²) in [6.45, 7) is 2.69. The summed E-state index contributed by atoms with van der Waals surface area (Å²) in [5.41, 5.74) is 0. The summed E-state index contributed by atoms with van der Waals surface area (Å²) < 4.78 is 5.15. The Hall–Kier alpha value is -1.32. The van der Waals surface area contributed by atoms with E-state index in [1.54, 1.807) is 0 Å². The molecule has 0 unspecified atom stereocenters. The van der Waals surface area contributed by atoms with Crippen molar-refractivity contribution in [3.63, 3.8) is 0 Å². The highest BCUT2D eigenvalue weighted by atomic mass is 16.5. The van der Waals surface area contributed by atoms with Crippen molar-refractivity contribution >= 4 is 11.9 Å². The molecule has 4 heteroatoms. The molecule has 150 valence electrons. The van der Waals surface area contributed by atoms with E-state index in [1.807, 2.05) is 0 Å². The van der Waals surface area contributed by atoms with Crippen molar-refractivity contribution in [3.8, 4) is 0 Å². The number of ether oxygens (including phenoxy) is 1. The lowest BCUT2D eigenvalue weighted by Gasteiger charge is -2.21. The number of esters is 1. The lowest BCUT2D eigenvalue weighted by molar-refractivity contribution is -0.138. The van der Waals surface area contributed by atoms with Crippen molar-refractivity contribution in [3.05, 3.63) is 12.2 Å². The van der Waals surface area contributed by atoms with Crippen LogP contribution in [-0.4, -0.2) is 24.5 Å². The van der Waals surface area contributed by atoms with Crippen LogP contribution in [0.2, 0.25) is 0 Å². The van der Waals surface area contributed by atoms with Crippen molar-refractivity contribution in [2.24, 2.45) is 0 Å². The van der Waals surface area contributed by atoms with Crippen LogP contribution in [0.4, 0.5) is 0 Å². The van der Waals surface area contributed by atoms with Gasteiger partial charge in [0.25, 0.3) is 0 Å². The molecule has 0 heterocycles. The molecule has 1 amide bonds. The van der Waals surface area contributed by atoms with Crippen LogP contribution in [0.1, 0.15) is 103 Å². The van der Waals surface area contributed by atoms with Crippen LogP contribution in [-0.2, 0) is 14.3 Å². The molecule has 1 saturated carbocycles. The molecule has 0 aromatic rings.